The Labute approximate surface area is 316 Å². The maximum Gasteiger partial charge on any atom is 0.101 e. The molecule has 0 unspecified atom stereocenters. The lowest BCUT2D eigenvalue weighted by Crippen LogP contribution is -1.96. The molecule has 0 fully saturated rings. The van der Waals surface area contributed by atoms with Crippen molar-refractivity contribution in [1.82, 2.24) is 13.7 Å². The minimum atomic E-state index is 0.367. The Morgan fingerprint density at radius 2 is 0.691 bits per heavy atom. The predicted octanol–water partition coefficient (Wildman–Crippen LogP) is 12.4. The van der Waals surface area contributed by atoms with Crippen molar-refractivity contribution in [3.05, 3.63) is 187 Å². The lowest BCUT2D eigenvalue weighted by molar-refractivity contribution is 1.17. The number of hydrogen-bond acceptors (Lipinski definition) is 2. The van der Waals surface area contributed by atoms with Crippen LogP contribution in [0.25, 0.3) is 93.6 Å². The third-order valence-electron chi connectivity index (χ3n) is 11.1. The molecule has 0 aliphatic rings. The highest BCUT2D eigenvalue weighted by Gasteiger charge is 2.19. The lowest BCUT2D eigenvalue weighted by Gasteiger charge is -2.10. The second-order valence-electron chi connectivity index (χ2n) is 14.0. The monoisotopic (exact) mass is 699 g/mol. The van der Waals surface area contributed by atoms with Gasteiger partial charge in [0.05, 0.1) is 44.2 Å². The second-order valence-corrected chi connectivity index (χ2v) is 14.0. The van der Waals surface area contributed by atoms with Crippen molar-refractivity contribution in [2.75, 3.05) is 0 Å². The fraction of sp³-hybridized carbons (Fsp3) is 0. The maximum atomic E-state index is 9.80. The van der Waals surface area contributed by atoms with Crippen LogP contribution in [0.15, 0.2) is 176 Å². The summed E-state index contributed by atoms with van der Waals surface area (Å²) in [6.07, 6.45) is 0. The van der Waals surface area contributed by atoms with E-state index in [2.05, 4.69) is 177 Å². The zero-order valence-corrected chi connectivity index (χ0v) is 29.5. The molecule has 3 aromatic heterocycles. The van der Waals surface area contributed by atoms with E-state index in [9.17, 15) is 10.5 Å². The van der Waals surface area contributed by atoms with Gasteiger partial charge in [-0.15, -0.1) is 0 Å². The van der Waals surface area contributed by atoms with Crippen LogP contribution in [0.4, 0.5) is 0 Å². The van der Waals surface area contributed by atoms with Crippen LogP contribution >= 0.6 is 0 Å². The van der Waals surface area contributed by atoms with Gasteiger partial charge in [0.1, 0.15) is 12.1 Å². The number of rotatable bonds is 4. The molecule has 5 heteroatoms. The van der Waals surface area contributed by atoms with E-state index >= 15 is 0 Å². The molecular weight excluding hydrogens is 671 g/mol. The van der Waals surface area contributed by atoms with Crippen molar-refractivity contribution in [2.45, 2.75) is 0 Å². The van der Waals surface area contributed by atoms with Crippen LogP contribution in [-0.2, 0) is 0 Å². The highest BCUT2D eigenvalue weighted by atomic mass is 15.0. The van der Waals surface area contributed by atoms with Crippen molar-refractivity contribution in [3.63, 3.8) is 0 Å². The van der Waals surface area contributed by atoms with Crippen molar-refractivity contribution in [2.24, 2.45) is 0 Å². The second kappa shape index (κ2) is 11.8. The van der Waals surface area contributed by atoms with Gasteiger partial charge in [0.15, 0.2) is 0 Å². The molecule has 0 atom stereocenters. The SMILES string of the molecule is N#Cc1ccc(-n2c3ccccc3c3cc(-c4ccc5c(c4)c4cc(-n6c7ccccc7c7ccccc76)ccc4n5-c4ccccc4)ccc32)cc1C#N. The number of aromatic nitrogens is 3. The van der Waals surface area contributed by atoms with E-state index in [1.54, 1.807) is 6.07 Å². The molecule has 11 rings (SSSR count). The van der Waals surface area contributed by atoms with Crippen LogP contribution in [0.5, 0.6) is 0 Å². The Bertz CT molecular complexity index is 3400. The molecule has 0 aliphatic carbocycles. The molecule has 11 aromatic rings. The lowest BCUT2D eigenvalue weighted by atomic mass is 10.0. The van der Waals surface area contributed by atoms with Crippen LogP contribution in [0.1, 0.15) is 11.1 Å². The quantitative estimate of drug-likeness (QED) is 0.184. The van der Waals surface area contributed by atoms with E-state index in [4.69, 9.17) is 0 Å². The van der Waals surface area contributed by atoms with Gasteiger partial charge in [-0.25, -0.2) is 0 Å². The molecule has 254 valence electrons. The normalized spacial score (nSPS) is 11.6. The molecule has 0 saturated carbocycles. The molecule has 55 heavy (non-hydrogen) atoms. The van der Waals surface area contributed by atoms with Crippen LogP contribution in [0.2, 0.25) is 0 Å². The summed E-state index contributed by atoms with van der Waals surface area (Å²) in [4.78, 5) is 0. The van der Waals surface area contributed by atoms with Gasteiger partial charge >= 0.3 is 0 Å². The summed E-state index contributed by atoms with van der Waals surface area (Å²) in [7, 11) is 0. The number of benzene rings is 8. The minimum Gasteiger partial charge on any atom is -0.309 e. The van der Waals surface area contributed by atoms with Crippen molar-refractivity contribution >= 4 is 65.4 Å². The Morgan fingerprint density at radius 3 is 1.25 bits per heavy atom. The van der Waals surface area contributed by atoms with Gasteiger partial charge in [-0.1, -0.05) is 84.9 Å². The van der Waals surface area contributed by atoms with Gasteiger partial charge in [-0.05, 0) is 102 Å². The fourth-order valence-electron chi connectivity index (χ4n) is 8.68. The van der Waals surface area contributed by atoms with Crippen LogP contribution in [-0.4, -0.2) is 13.7 Å². The predicted molar refractivity (Wildman–Crippen MR) is 224 cm³/mol. The van der Waals surface area contributed by atoms with E-state index in [1.165, 1.54) is 32.6 Å². The third kappa shape index (κ3) is 4.51. The first kappa shape index (κ1) is 30.7. The molecule has 0 spiro atoms. The Balaban J connectivity index is 1.14. The van der Waals surface area contributed by atoms with E-state index in [-0.39, 0.29) is 0 Å². The minimum absolute atomic E-state index is 0.367. The smallest absolute Gasteiger partial charge is 0.101 e. The largest absolute Gasteiger partial charge is 0.309 e. The average molecular weight is 700 g/mol. The van der Waals surface area contributed by atoms with Gasteiger partial charge < -0.3 is 13.7 Å². The molecule has 0 saturated heterocycles. The highest BCUT2D eigenvalue weighted by Crippen LogP contribution is 2.40. The highest BCUT2D eigenvalue weighted by molar-refractivity contribution is 6.14. The standard InChI is InChI=1S/C50H29N5/c51-30-34-18-21-37(26-35(34)31-52)54-47-17-9-6-14-41(47)42-27-32(19-23-48(42)54)33-20-24-49-43(28-33)44-29-38(22-25-50(44)53(49)36-10-2-1-3-11-36)55-45-15-7-4-12-39(45)40-13-5-8-16-46(40)55/h1-29H. The van der Waals surface area contributed by atoms with Gasteiger partial charge in [0.25, 0.3) is 0 Å². The van der Waals surface area contributed by atoms with Crippen LogP contribution in [0.3, 0.4) is 0 Å². The Kier molecular flexibility index (Phi) is 6.61. The van der Waals surface area contributed by atoms with Gasteiger partial charge in [0, 0.05) is 49.4 Å². The first-order chi connectivity index (χ1) is 27.2. The van der Waals surface area contributed by atoms with Gasteiger partial charge in [0.2, 0.25) is 0 Å². The topological polar surface area (TPSA) is 62.4 Å². The average Bonchev–Trinajstić information content (AvgIpc) is 3.88. The maximum absolute atomic E-state index is 9.80. The molecule has 8 aromatic carbocycles. The molecule has 0 radical (unpaired) electrons. The first-order valence-corrected chi connectivity index (χ1v) is 18.3. The summed E-state index contributed by atoms with van der Waals surface area (Å²) in [5.74, 6) is 0. The summed E-state index contributed by atoms with van der Waals surface area (Å²) in [6.45, 7) is 0. The molecule has 0 amide bonds. The molecule has 0 aliphatic heterocycles. The number of hydrogen-bond donors (Lipinski definition) is 0. The van der Waals surface area contributed by atoms with Gasteiger partial charge in [-0.3, -0.25) is 0 Å². The molecule has 0 N–H and O–H groups in total. The molecule has 5 nitrogen and oxygen atoms in total. The summed E-state index contributed by atoms with van der Waals surface area (Å²) >= 11 is 0. The van der Waals surface area contributed by atoms with E-state index < -0.39 is 0 Å². The number of nitriles is 2. The molecule has 0 bridgehead atoms. The Hall–Kier alpha value is -7.86. The molecular formula is C50H29N5. The zero-order valence-electron chi connectivity index (χ0n) is 29.5. The Morgan fingerprint density at radius 1 is 0.291 bits per heavy atom. The van der Waals surface area contributed by atoms with E-state index in [0.29, 0.717) is 11.1 Å². The molecule has 3 heterocycles. The third-order valence-corrected chi connectivity index (χ3v) is 11.1. The summed E-state index contributed by atoms with van der Waals surface area (Å²) in [5, 5.41) is 26.5. The van der Waals surface area contributed by atoms with Crippen molar-refractivity contribution in [1.29, 1.82) is 10.5 Å². The summed E-state index contributed by atoms with van der Waals surface area (Å²) < 4.78 is 6.94. The van der Waals surface area contributed by atoms with Gasteiger partial charge in [-0.2, -0.15) is 10.5 Å². The summed E-state index contributed by atoms with van der Waals surface area (Å²) in [5.41, 5.74) is 12.8. The van der Waals surface area contributed by atoms with E-state index in [0.717, 1.165) is 61.0 Å². The number of para-hydroxylation sites is 4. The first-order valence-electron chi connectivity index (χ1n) is 18.3. The fourth-order valence-corrected chi connectivity index (χ4v) is 8.68. The van der Waals surface area contributed by atoms with Crippen LogP contribution in [0, 0.1) is 22.7 Å². The number of fused-ring (bicyclic) bond motifs is 9. The van der Waals surface area contributed by atoms with Crippen LogP contribution < -0.4 is 0 Å². The van der Waals surface area contributed by atoms with Crippen molar-refractivity contribution < 1.29 is 0 Å². The number of nitrogens with zero attached hydrogens (tertiary/aromatic N) is 5. The zero-order chi connectivity index (χ0) is 36.6. The summed E-state index contributed by atoms with van der Waals surface area (Å²) in [6, 6.07) is 66.4. The van der Waals surface area contributed by atoms with Crippen molar-refractivity contribution in [3.8, 4) is 40.3 Å². The van der Waals surface area contributed by atoms with E-state index in [1.807, 2.05) is 18.2 Å².